The number of benzene rings is 9. The van der Waals surface area contributed by atoms with Crippen LogP contribution in [0.3, 0.4) is 0 Å². The van der Waals surface area contributed by atoms with Gasteiger partial charge in [-0.3, -0.25) is 0 Å². The first-order chi connectivity index (χ1) is 26.3. The fourth-order valence-corrected chi connectivity index (χ4v) is 10.6. The van der Waals surface area contributed by atoms with E-state index in [1.807, 2.05) is 29.6 Å². The molecule has 10 aromatic rings. The molecule has 2 aliphatic heterocycles. The molecule has 3 heterocycles. The van der Waals surface area contributed by atoms with Crippen molar-refractivity contribution in [2.24, 2.45) is 0 Å². The highest BCUT2D eigenvalue weighted by Gasteiger charge is 2.28. The molecular formula is C48H28N2OS2. The van der Waals surface area contributed by atoms with Crippen LogP contribution in [0, 0.1) is 0 Å². The number of para-hydroxylation sites is 4. The molecule has 0 fully saturated rings. The van der Waals surface area contributed by atoms with E-state index in [-0.39, 0.29) is 0 Å². The van der Waals surface area contributed by atoms with Gasteiger partial charge in [-0.2, -0.15) is 0 Å². The van der Waals surface area contributed by atoms with Crippen LogP contribution in [0.5, 0.6) is 0 Å². The minimum absolute atomic E-state index is 0.903. The number of nitrogens with zero attached hydrogens (tertiary/aromatic N) is 2. The summed E-state index contributed by atoms with van der Waals surface area (Å²) in [5.41, 5.74) is 8.84. The van der Waals surface area contributed by atoms with E-state index in [1.165, 1.54) is 69.0 Å². The maximum Gasteiger partial charge on any atom is 0.137 e. The van der Waals surface area contributed by atoms with Crippen LogP contribution in [0.4, 0.5) is 34.1 Å². The topological polar surface area (TPSA) is 19.6 Å². The van der Waals surface area contributed by atoms with E-state index in [4.69, 9.17) is 4.42 Å². The van der Waals surface area contributed by atoms with Gasteiger partial charge in [0.2, 0.25) is 0 Å². The van der Waals surface area contributed by atoms with Gasteiger partial charge in [-0.05, 0) is 105 Å². The first-order valence-corrected chi connectivity index (χ1v) is 19.5. The molecule has 0 spiro atoms. The van der Waals surface area contributed by atoms with Gasteiger partial charge in [-0.1, -0.05) is 115 Å². The van der Waals surface area contributed by atoms with Gasteiger partial charge in [0.15, 0.2) is 0 Å². The summed E-state index contributed by atoms with van der Waals surface area (Å²) < 4.78 is 6.42. The molecule has 248 valence electrons. The zero-order valence-electron chi connectivity index (χ0n) is 28.3. The van der Waals surface area contributed by atoms with Gasteiger partial charge >= 0.3 is 0 Å². The second-order valence-corrected chi connectivity index (χ2v) is 15.9. The van der Waals surface area contributed by atoms with Gasteiger partial charge in [0.25, 0.3) is 0 Å². The molecule has 0 amide bonds. The van der Waals surface area contributed by atoms with E-state index in [9.17, 15) is 0 Å². The van der Waals surface area contributed by atoms with Crippen LogP contribution in [-0.2, 0) is 0 Å². The van der Waals surface area contributed by atoms with Crippen LogP contribution in [-0.4, -0.2) is 0 Å². The van der Waals surface area contributed by atoms with Gasteiger partial charge in [0.05, 0.1) is 22.7 Å². The lowest BCUT2D eigenvalue weighted by atomic mass is 9.93. The lowest BCUT2D eigenvalue weighted by Gasteiger charge is -2.33. The zero-order valence-corrected chi connectivity index (χ0v) is 29.9. The Labute approximate surface area is 314 Å². The Hall–Kier alpha value is -6.14. The Kier molecular flexibility index (Phi) is 6.21. The number of hydrogen-bond donors (Lipinski definition) is 0. The molecule has 2 aliphatic rings. The molecular weight excluding hydrogens is 685 g/mol. The number of furan rings is 1. The Morgan fingerprint density at radius 1 is 0.302 bits per heavy atom. The first-order valence-electron chi connectivity index (χ1n) is 17.8. The summed E-state index contributed by atoms with van der Waals surface area (Å²) in [6.07, 6.45) is 0. The highest BCUT2D eigenvalue weighted by atomic mass is 32.2. The van der Waals surface area contributed by atoms with Gasteiger partial charge in [-0.15, -0.1) is 0 Å². The Morgan fingerprint density at radius 2 is 0.755 bits per heavy atom. The quantitative estimate of drug-likeness (QED) is 0.166. The second kappa shape index (κ2) is 11.2. The van der Waals surface area contributed by atoms with E-state index < -0.39 is 0 Å². The van der Waals surface area contributed by atoms with Gasteiger partial charge in [0.1, 0.15) is 11.2 Å². The number of hydrogen-bond acceptors (Lipinski definition) is 5. The van der Waals surface area contributed by atoms with Crippen molar-refractivity contribution in [1.82, 2.24) is 0 Å². The number of fused-ring (bicyclic) bond motifs is 13. The van der Waals surface area contributed by atoms with Crippen molar-refractivity contribution in [3.05, 3.63) is 170 Å². The molecule has 12 rings (SSSR count). The van der Waals surface area contributed by atoms with Crippen LogP contribution in [0.15, 0.2) is 194 Å². The molecule has 5 heteroatoms. The Morgan fingerprint density at radius 3 is 1.34 bits per heavy atom. The Bertz CT molecular complexity index is 3100. The number of anilines is 6. The molecule has 1 aromatic heterocycles. The van der Waals surface area contributed by atoms with Crippen molar-refractivity contribution in [3.8, 4) is 0 Å². The van der Waals surface area contributed by atoms with Crippen LogP contribution < -0.4 is 9.80 Å². The SMILES string of the molecule is c1ccc2c(c1)Sc1ccccc1N2c1ccc2c3ccc(N4c5ccccc5Sc5cc6c(cc54)oc4ccccc46)cc3c3ccccc3c2c1. The standard InChI is InChI=1S/C48H28N2OS2/c1-2-12-32-31(11-1)36-25-29(49-39-14-4-8-18-45(39)52-46-19-9-5-15-40(46)49)21-23-33(36)34-24-22-30(26-37(32)34)50-41-16-6-10-20-47(41)53-48-27-38-35-13-3-7-17-43(35)51-44(38)28-42(48)50/h1-28H. The first kappa shape index (κ1) is 29.4. The Balaban J connectivity index is 1.07. The number of rotatable bonds is 2. The lowest BCUT2D eigenvalue weighted by molar-refractivity contribution is 0.668. The predicted octanol–water partition coefficient (Wildman–Crippen LogP) is 14.9. The summed E-state index contributed by atoms with van der Waals surface area (Å²) in [7, 11) is 0. The van der Waals surface area contributed by atoms with Gasteiger partial charge in [-0.25, -0.2) is 0 Å². The monoisotopic (exact) mass is 712 g/mol. The van der Waals surface area contributed by atoms with Crippen molar-refractivity contribution >= 4 is 112 Å². The molecule has 0 N–H and O–H groups in total. The van der Waals surface area contributed by atoms with Crippen molar-refractivity contribution in [2.75, 3.05) is 9.80 Å². The lowest BCUT2D eigenvalue weighted by Crippen LogP contribution is -2.15. The second-order valence-electron chi connectivity index (χ2n) is 13.7. The minimum Gasteiger partial charge on any atom is -0.456 e. The maximum absolute atomic E-state index is 6.42. The third-order valence-corrected chi connectivity index (χ3v) is 13.0. The molecule has 0 saturated carbocycles. The molecule has 0 saturated heterocycles. The minimum atomic E-state index is 0.903. The molecule has 0 unspecified atom stereocenters. The average Bonchev–Trinajstić information content (AvgIpc) is 3.58. The fraction of sp³-hybridized carbons (Fsp3) is 0. The van der Waals surface area contributed by atoms with Crippen molar-refractivity contribution in [1.29, 1.82) is 0 Å². The van der Waals surface area contributed by atoms with Crippen LogP contribution in [0.2, 0.25) is 0 Å². The van der Waals surface area contributed by atoms with E-state index in [0.29, 0.717) is 0 Å². The highest BCUT2D eigenvalue weighted by Crippen LogP contribution is 2.55. The largest absolute Gasteiger partial charge is 0.456 e. The summed E-state index contributed by atoms with van der Waals surface area (Å²) in [6.45, 7) is 0. The normalized spacial score (nSPS) is 13.4. The third-order valence-electron chi connectivity index (χ3n) is 10.8. The van der Waals surface area contributed by atoms with Crippen molar-refractivity contribution in [2.45, 2.75) is 19.6 Å². The predicted molar refractivity (Wildman–Crippen MR) is 224 cm³/mol. The van der Waals surface area contributed by atoms with Crippen LogP contribution in [0.25, 0.3) is 54.3 Å². The van der Waals surface area contributed by atoms with Gasteiger partial charge < -0.3 is 14.2 Å². The average molecular weight is 713 g/mol. The summed E-state index contributed by atoms with van der Waals surface area (Å²) in [4.78, 5) is 9.83. The van der Waals surface area contributed by atoms with E-state index in [0.717, 1.165) is 39.0 Å². The molecule has 53 heavy (non-hydrogen) atoms. The van der Waals surface area contributed by atoms with Gasteiger partial charge in [0, 0.05) is 47.8 Å². The van der Waals surface area contributed by atoms with Crippen molar-refractivity contribution in [3.63, 3.8) is 0 Å². The summed E-state index contributed by atoms with van der Waals surface area (Å²) >= 11 is 3.67. The highest BCUT2D eigenvalue weighted by molar-refractivity contribution is 8.00. The smallest absolute Gasteiger partial charge is 0.137 e. The summed E-state index contributed by atoms with van der Waals surface area (Å²) in [5, 5.41) is 9.79. The molecule has 9 aromatic carbocycles. The van der Waals surface area contributed by atoms with E-state index >= 15 is 0 Å². The van der Waals surface area contributed by atoms with Crippen LogP contribution >= 0.6 is 23.5 Å². The molecule has 0 radical (unpaired) electrons. The molecule has 0 bridgehead atoms. The van der Waals surface area contributed by atoms with E-state index in [2.05, 4.69) is 174 Å². The third kappa shape index (κ3) is 4.32. The molecule has 0 atom stereocenters. The summed E-state index contributed by atoms with van der Waals surface area (Å²) in [6, 6.07) is 61.9. The zero-order chi connectivity index (χ0) is 34.6. The summed E-state index contributed by atoms with van der Waals surface area (Å²) in [5.74, 6) is 0. The molecule has 3 nitrogen and oxygen atoms in total. The van der Waals surface area contributed by atoms with Crippen molar-refractivity contribution < 1.29 is 4.42 Å². The maximum atomic E-state index is 6.42. The molecule has 0 aliphatic carbocycles. The fourth-order valence-electron chi connectivity index (χ4n) is 8.45. The van der Waals surface area contributed by atoms with E-state index in [1.54, 1.807) is 0 Å². The van der Waals surface area contributed by atoms with Crippen LogP contribution in [0.1, 0.15) is 0 Å².